The Kier molecular flexibility index (Phi) is 7.15. The lowest BCUT2D eigenvalue weighted by molar-refractivity contribution is -0.140. The molecule has 1 amide bonds. The average molecular weight is 490 g/mol. The first kappa shape index (κ1) is 24.7. The van der Waals surface area contributed by atoms with Gasteiger partial charge in [0.25, 0.3) is 11.7 Å². The van der Waals surface area contributed by atoms with Gasteiger partial charge in [-0.05, 0) is 42.8 Å². The summed E-state index contributed by atoms with van der Waals surface area (Å²) in [5.74, 6) is -0.918. The zero-order valence-corrected chi connectivity index (χ0v) is 20.2. The van der Waals surface area contributed by atoms with Crippen molar-refractivity contribution >= 4 is 17.4 Å². The number of rotatable bonds is 8. The van der Waals surface area contributed by atoms with Crippen molar-refractivity contribution in [1.82, 2.24) is 4.90 Å². The number of ether oxygens (including phenoxy) is 3. The summed E-state index contributed by atoms with van der Waals surface area (Å²) >= 11 is 0. The number of hydrogen-bond acceptors (Lipinski definition) is 7. The van der Waals surface area contributed by atoms with Crippen molar-refractivity contribution in [3.05, 3.63) is 89.0 Å². The van der Waals surface area contributed by atoms with Crippen LogP contribution in [0.15, 0.2) is 72.3 Å². The van der Waals surface area contributed by atoms with Crippen molar-refractivity contribution in [3.63, 3.8) is 0 Å². The standard InChI is InChI=1S/C28H27NO7/c1-4-36-23-15-17(13-14-20(23)30)25-24(26(31)19-10-6-8-12-22(19)35-3)27(32)28(33)29(25)16-18-9-5-7-11-21(18)34-2/h5-15,25,30-31H,4,16H2,1-3H3/b26-24-. The van der Waals surface area contributed by atoms with E-state index in [1.54, 1.807) is 55.5 Å². The molecule has 1 saturated heterocycles. The second-order valence-corrected chi connectivity index (χ2v) is 8.10. The van der Waals surface area contributed by atoms with Crippen LogP contribution in [0.5, 0.6) is 23.0 Å². The summed E-state index contributed by atoms with van der Waals surface area (Å²) in [5.41, 5.74) is 1.37. The van der Waals surface area contributed by atoms with Gasteiger partial charge in [0.1, 0.15) is 17.3 Å². The van der Waals surface area contributed by atoms with Gasteiger partial charge in [0, 0.05) is 5.56 Å². The van der Waals surface area contributed by atoms with Crippen molar-refractivity contribution in [2.24, 2.45) is 0 Å². The lowest BCUT2D eigenvalue weighted by Crippen LogP contribution is -2.29. The Morgan fingerprint density at radius 1 is 0.917 bits per heavy atom. The molecule has 2 N–H and O–H groups in total. The molecule has 1 heterocycles. The van der Waals surface area contributed by atoms with Gasteiger partial charge >= 0.3 is 0 Å². The van der Waals surface area contributed by atoms with Crippen LogP contribution in [0, 0.1) is 0 Å². The molecule has 1 aliphatic rings. The molecule has 1 atom stereocenters. The summed E-state index contributed by atoms with van der Waals surface area (Å²) in [7, 11) is 2.98. The highest BCUT2D eigenvalue weighted by Crippen LogP contribution is 2.44. The molecule has 0 aromatic heterocycles. The summed E-state index contributed by atoms with van der Waals surface area (Å²) in [4.78, 5) is 28.1. The highest BCUT2D eigenvalue weighted by molar-refractivity contribution is 6.46. The van der Waals surface area contributed by atoms with Crippen LogP contribution in [0.25, 0.3) is 5.76 Å². The van der Waals surface area contributed by atoms with Gasteiger partial charge in [-0.25, -0.2) is 0 Å². The van der Waals surface area contributed by atoms with Gasteiger partial charge in [0.15, 0.2) is 11.5 Å². The number of para-hydroxylation sites is 2. The van der Waals surface area contributed by atoms with Gasteiger partial charge in [-0.15, -0.1) is 0 Å². The van der Waals surface area contributed by atoms with Crippen molar-refractivity contribution < 1.29 is 34.0 Å². The van der Waals surface area contributed by atoms with Gasteiger partial charge in [0.2, 0.25) is 0 Å². The number of phenols is 1. The first-order chi connectivity index (χ1) is 17.4. The summed E-state index contributed by atoms with van der Waals surface area (Å²) in [6.07, 6.45) is 0. The average Bonchev–Trinajstić information content (AvgIpc) is 3.15. The molecule has 0 radical (unpaired) electrons. The first-order valence-corrected chi connectivity index (χ1v) is 11.4. The van der Waals surface area contributed by atoms with Gasteiger partial charge in [-0.1, -0.05) is 36.4 Å². The van der Waals surface area contributed by atoms with Gasteiger partial charge in [-0.2, -0.15) is 0 Å². The normalized spacial score (nSPS) is 16.8. The van der Waals surface area contributed by atoms with E-state index < -0.39 is 17.7 Å². The van der Waals surface area contributed by atoms with Gasteiger partial charge < -0.3 is 29.3 Å². The van der Waals surface area contributed by atoms with E-state index in [-0.39, 0.29) is 34.9 Å². The third-order valence-corrected chi connectivity index (χ3v) is 6.03. The van der Waals surface area contributed by atoms with E-state index in [4.69, 9.17) is 14.2 Å². The number of ketones is 1. The SMILES string of the molecule is CCOc1cc(C2/C(=C(/O)c3ccccc3OC)C(=O)C(=O)N2Cc2ccccc2OC)ccc1O. The number of phenolic OH excluding ortho intramolecular Hbond substituents is 1. The molecule has 8 nitrogen and oxygen atoms in total. The van der Waals surface area contributed by atoms with E-state index in [1.807, 2.05) is 12.1 Å². The molecule has 1 aliphatic heterocycles. The molecule has 186 valence electrons. The van der Waals surface area contributed by atoms with E-state index in [9.17, 15) is 19.8 Å². The molecule has 0 saturated carbocycles. The fourth-order valence-corrected chi connectivity index (χ4v) is 4.36. The van der Waals surface area contributed by atoms with E-state index in [0.717, 1.165) is 0 Å². The van der Waals surface area contributed by atoms with E-state index >= 15 is 0 Å². The number of aliphatic hydroxyl groups excluding tert-OH is 1. The van der Waals surface area contributed by atoms with Crippen LogP contribution >= 0.6 is 0 Å². The second kappa shape index (κ2) is 10.4. The number of hydrogen-bond donors (Lipinski definition) is 2. The van der Waals surface area contributed by atoms with Crippen molar-refractivity contribution in [2.45, 2.75) is 19.5 Å². The third-order valence-electron chi connectivity index (χ3n) is 6.03. The molecule has 36 heavy (non-hydrogen) atoms. The lowest BCUT2D eigenvalue weighted by atomic mass is 9.94. The van der Waals surface area contributed by atoms with E-state index in [1.165, 1.54) is 25.2 Å². The number of amides is 1. The maximum absolute atomic E-state index is 13.4. The number of methoxy groups -OCH3 is 2. The van der Waals surface area contributed by atoms with Crippen molar-refractivity contribution in [3.8, 4) is 23.0 Å². The minimum absolute atomic E-state index is 0.0484. The van der Waals surface area contributed by atoms with Crippen LogP contribution in [-0.4, -0.2) is 47.6 Å². The minimum Gasteiger partial charge on any atom is -0.507 e. The number of benzene rings is 3. The van der Waals surface area contributed by atoms with Gasteiger partial charge in [-0.3, -0.25) is 9.59 Å². The summed E-state index contributed by atoms with van der Waals surface area (Å²) in [6, 6.07) is 17.5. The van der Waals surface area contributed by atoms with Crippen LogP contribution in [-0.2, 0) is 16.1 Å². The molecule has 0 spiro atoms. The third kappa shape index (κ3) is 4.45. The molecule has 3 aromatic carbocycles. The number of carbonyl (C=O) groups is 2. The maximum Gasteiger partial charge on any atom is 0.295 e. The number of aliphatic hydroxyl groups is 1. The molecule has 8 heteroatoms. The fourth-order valence-electron chi connectivity index (χ4n) is 4.36. The Balaban J connectivity index is 1.93. The summed E-state index contributed by atoms with van der Waals surface area (Å²) in [5, 5.41) is 21.6. The Bertz CT molecular complexity index is 1330. The Morgan fingerprint density at radius 3 is 2.28 bits per heavy atom. The highest BCUT2D eigenvalue weighted by Gasteiger charge is 2.46. The lowest BCUT2D eigenvalue weighted by Gasteiger charge is -2.26. The Hall–Kier alpha value is -4.46. The number of carbonyl (C=O) groups excluding carboxylic acids is 2. The Morgan fingerprint density at radius 2 is 1.58 bits per heavy atom. The number of Topliss-reactive ketones (excluding diaryl/α,β-unsaturated/α-hetero) is 1. The van der Waals surface area contributed by atoms with Crippen LogP contribution in [0.2, 0.25) is 0 Å². The van der Waals surface area contributed by atoms with Gasteiger partial charge in [0.05, 0.1) is 44.5 Å². The monoisotopic (exact) mass is 489 g/mol. The van der Waals surface area contributed by atoms with Crippen molar-refractivity contribution in [2.75, 3.05) is 20.8 Å². The maximum atomic E-state index is 13.4. The molecular formula is C28H27NO7. The number of nitrogens with zero attached hydrogens (tertiary/aromatic N) is 1. The van der Waals surface area contributed by atoms with Crippen molar-refractivity contribution in [1.29, 1.82) is 0 Å². The molecule has 3 aromatic rings. The fraction of sp³-hybridized carbons (Fsp3) is 0.214. The number of aromatic hydroxyl groups is 1. The molecule has 1 unspecified atom stereocenters. The zero-order valence-electron chi connectivity index (χ0n) is 20.2. The van der Waals surface area contributed by atoms with E-state index in [0.29, 0.717) is 29.2 Å². The smallest absolute Gasteiger partial charge is 0.295 e. The van der Waals surface area contributed by atoms with Crippen LogP contribution in [0.1, 0.15) is 29.7 Å². The molecule has 4 rings (SSSR count). The predicted octanol–water partition coefficient (Wildman–Crippen LogP) is 4.43. The molecule has 1 fully saturated rings. The Labute approximate surface area is 209 Å². The van der Waals surface area contributed by atoms with E-state index in [2.05, 4.69) is 0 Å². The molecule has 0 aliphatic carbocycles. The minimum atomic E-state index is -0.959. The van der Waals surface area contributed by atoms with Crippen LogP contribution in [0.3, 0.4) is 0 Å². The quantitative estimate of drug-likeness (QED) is 0.274. The largest absolute Gasteiger partial charge is 0.507 e. The van der Waals surface area contributed by atoms with Crippen LogP contribution in [0.4, 0.5) is 0 Å². The predicted molar refractivity (Wildman–Crippen MR) is 133 cm³/mol. The summed E-state index contributed by atoms with van der Waals surface area (Å²) < 4.78 is 16.4. The highest BCUT2D eigenvalue weighted by atomic mass is 16.5. The van der Waals surface area contributed by atoms with Crippen LogP contribution < -0.4 is 14.2 Å². The number of likely N-dealkylation sites (tertiary alicyclic amines) is 1. The summed E-state index contributed by atoms with van der Waals surface area (Å²) in [6.45, 7) is 2.13. The first-order valence-electron chi connectivity index (χ1n) is 11.4. The molecule has 0 bridgehead atoms. The molecular weight excluding hydrogens is 462 g/mol. The zero-order chi connectivity index (χ0) is 25.8. The second-order valence-electron chi connectivity index (χ2n) is 8.10. The topological polar surface area (TPSA) is 106 Å².